The van der Waals surface area contributed by atoms with Gasteiger partial charge in [-0.3, -0.25) is 0 Å². The quantitative estimate of drug-likeness (QED) is 0.384. The predicted octanol–water partition coefficient (Wildman–Crippen LogP) is -0.496. The second-order valence-corrected chi connectivity index (χ2v) is 1.39. The first-order chi connectivity index (χ1) is 1.91. The van der Waals surface area contributed by atoms with E-state index in [1.54, 1.807) is 0 Å². The molecule has 2 heteroatoms. The summed E-state index contributed by atoms with van der Waals surface area (Å²) in [5.41, 5.74) is 0. The third-order valence-electron chi connectivity index (χ3n) is 0.0745. The van der Waals surface area contributed by atoms with E-state index in [2.05, 4.69) is 0 Å². The normalized spacial score (nSPS) is 6.25. The molecule has 0 radical (unpaired) electrons. The first-order valence-electron chi connectivity index (χ1n) is 0.960. The van der Waals surface area contributed by atoms with Crippen LogP contribution in [-0.2, 0) is 4.79 Å². The topological polar surface area (TPSA) is 17.1 Å². The Balaban J connectivity index is 2.30. The van der Waals surface area contributed by atoms with E-state index in [1.165, 1.54) is 22.3 Å². The average Bonchev–Trinajstić information content (AvgIpc) is 1.37. The molecule has 0 aliphatic heterocycles. The van der Waals surface area contributed by atoms with Crippen LogP contribution in [0.5, 0.6) is 0 Å². The van der Waals surface area contributed by atoms with E-state index >= 15 is 0 Å². The molecule has 0 aromatic rings. The molecule has 0 heterocycles. The van der Waals surface area contributed by atoms with Crippen molar-refractivity contribution in [3.05, 3.63) is 0 Å². The van der Waals surface area contributed by atoms with Crippen molar-refractivity contribution < 1.29 is 4.79 Å². The van der Waals surface area contributed by atoms with Crippen molar-refractivity contribution in [2.45, 2.75) is 4.47 Å². The molecule has 0 saturated heterocycles. The number of hydrogen-bond acceptors (Lipinski definition) is 1. The van der Waals surface area contributed by atoms with Gasteiger partial charge in [0.2, 0.25) is 0 Å². The molecule has 0 aliphatic rings. The molecule has 4 heavy (non-hydrogen) atoms. The molecule has 0 N–H and O–H groups in total. The molecule has 0 aliphatic carbocycles. The second kappa shape index (κ2) is 3.46. The van der Waals surface area contributed by atoms with Crippen LogP contribution in [0.1, 0.15) is 0 Å². The number of hydrogen-bond donors (Lipinski definition) is 0. The van der Waals surface area contributed by atoms with Gasteiger partial charge >= 0.3 is 37.8 Å². The summed E-state index contributed by atoms with van der Waals surface area (Å²) in [6.07, 6.45) is 0.897. The molecule has 0 fully saturated rings. The molecule has 0 atom stereocenters. The Morgan fingerprint density at radius 2 is 2.25 bits per heavy atom. The third-order valence-corrected chi connectivity index (χ3v) is 0.500. The Labute approximate surface area is 38.3 Å². The summed E-state index contributed by atoms with van der Waals surface area (Å²) in [5.74, 6) is 0. The van der Waals surface area contributed by atoms with Gasteiger partial charge in [-0.05, 0) is 0 Å². The van der Waals surface area contributed by atoms with E-state index in [1.807, 2.05) is 0 Å². The first kappa shape index (κ1) is 4.46. The Morgan fingerprint density at radius 3 is 2.25 bits per heavy atom. The molecule has 0 amide bonds. The van der Waals surface area contributed by atoms with Gasteiger partial charge in [-0.2, -0.15) is 0 Å². The van der Waals surface area contributed by atoms with Crippen LogP contribution in [0, 0.1) is 0 Å². The number of aldehydes is 1. The van der Waals surface area contributed by atoms with E-state index in [0.29, 0.717) is 4.47 Å². The van der Waals surface area contributed by atoms with Crippen LogP contribution in [0.15, 0.2) is 0 Å². The van der Waals surface area contributed by atoms with Gasteiger partial charge in [-0.25, -0.2) is 0 Å². The van der Waals surface area contributed by atoms with Crippen molar-refractivity contribution in [1.82, 2.24) is 0 Å². The molecule has 1 nitrogen and oxygen atoms in total. The molecule has 0 aromatic carbocycles. The van der Waals surface area contributed by atoms with Crippen LogP contribution in [0.25, 0.3) is 0 Å². The Bertz CT molecular complexity index is 20.0. The summed E-state index contributed by atoms with van der Waals surface area (Å²) >= 11 is 1.53. The molecule has 0 rings (SSSR count). The monoisotopic (exact) mass is 174 g/mol. The number of rotatable bonds is 1. The molecule has 0 bridgehead atoms. The zero-order chi connectivity index (χ0) is 3.41. The van der Waals surface area contributed by atoms with Gasteiger partial charge in [0, 0.05) is 0 Å². The van der Waals surface area contributed by atoms with Crippen molar-refractivity contribution in [2.24, 2.45) is 0 Å². The van der Waals surface area contributed by atoms with Gasteiger partial charge in [0.05, 0.1) is 0 Å². The average molecular weight is 172 g/mol. The van der Waals surface area contributed by atoms with E-state index in [-0.39, 0.29) is 0 Å². The summed E-state index contributed by atoms with van der Waals surface area (Å²) in [4.78, 5) is 9.19. The summed E-state index contributed by atoms with van der Waals surface area (Å²) in [6.45, 7) is 0. The fourth-order valence-electron chi connectivity index (χ4n) is 0. The fourth-order valence-corrected chi connectivity index (χ4v) is 0. The van der Waals surface area contributed by atoms with Crippen LogP contribution < -0.4 is 0 Å². The molecule has 0 unspecified atom stereocenters. The van der Waals surface area contributed by atoms with Gasteiger partial charge in [0.1, 0.15) is 0 Å². The molecular formula is C2H4OTe. The van der Waals surface area contributed by atoms with Crippen LogP contribution in [0.2, 0.25) is 4.47 Å². The maximum atomic E-state index is 9.19. The van der Waals surface area contributed by atoms with Gasteiger partial charge in [0.25, 0.3) is 0 Å². The van der Waals surface area contributed by atoms with Crippen LogP contribution in [0.4, 0.5) is 0 Å². The Kier molecular flexibility index (Phi) is 3.86. The summed E-state index contributed by atoms with van der Waals surface area (Å²) < 4.78 is 0.689. The van der Waals surface area contributed by atoms with Crippen molar-refractivity contribution in [1.29, 1.82) is 0 Å². The summed E-state index contributed by atoms with van der Waals surface area (Å²) in [7, 11) is 0. The minimum absolute atomic E-state index is 0.689. The summed E-state index contributed by atoms with van der Waals surface area (Å²) in [6, 6.07) is 0. The van der Waals surface area contributed by atoms with Crippen LogP contribution in [0.3, 0.4) is 0 Å². The molecule has 24 valence electrons. The zero-order valence-electron chi connectivity index (χ0n) is 2.14. The molecule has 0 spiro atoms. The standard InChI is InChI=1S/C2H4OTe/c3-1-2-4/h1,4H,2H2. The van der Waals surface area contributed by atoms with Crippen molar-refractivity contribution in [3.8, 4) is 0 Å². The van der Waals surface area contributed by atoms with Crippen molar-refractivity contribution in [3.63, 3.8) is 0 Å². The summed E-state index contributed by atoms with van der Waals surface area (Å²) in [5, 5.41) is 0. The maximum absolute atomic E-state index is 9.19. The zero-order valence-corrected chi connectivity index (χ0v) is 4.69. The first-order valence-corrected chi connectivity index (χ1v) is 2.77. The number of carbonyl (C=O) groups is 1. The molecular weight excluding hydrogens is 168 g/mol. The van der Waals surface area contributed by atoms with Crippen LogP contribution >= 0.6 is 0 Å². The fraction of sp³-hybridized carbons (Fsp3) is 0.500. The van der Waals surface area contributed by atoms with Gasteiger partial charge in [0.15, 0.2) is 0 Å². The van der Waals surface area contributed by atoms with E-state index in [0.717, 1.165) is 6.29 Å². The molecule has 0 aromatic heterocycles. The van der Waals surface area contributed by atoms with Gasteiger partial charge in [-0.15, -0.1) is 0 Å². The van der Waals surface area contributed by atoms with E-state index in [9.17, 15) is 4.79 Å². The Hall–Kier alpha value is 0.460. The number of carbonyl (C=O) groups excluding carboxylic acids is 1. The second-order valence-electron chi connectivity index (χ2n) is 0.349. The molecule has 0 saturated carbocycles. The van der Waals surface area contributed by atoms with Crippen molar-refractivity contribution in [2.75, 3.05) is 0 Å². The van der Waals surface area contributed by atoms with Crippen LogP contribution in [-0.4, -0.2) is 28.6 Å². The van der Waals surface area contributed by atoms with Crippen molar-refractivity contribution >= 4 is 28.6 Å². The third kappa shape index (κ3) is 2.46. The Morgan fingerprint density at radius 1 is 2.00 bits per heavy atom. The van der Waals surface area contributed by atoms with E-state index in [4.69, 9.17) is 0 Å². The SMILES string of the molecule is O=CC[TeH]. The predicted molar refractivity (Wildman–Crippen MR) is 18.0 cm³/mol. The van der Waals surface area contributed by atoms with Gasteiger partial charge < -0.3 is 0 Å². The minimum atomic E-state index is 0.689. The van der Waals surface area contributed by atoms with Gasteiger partial charge in [-0.1, -0.05) is 0 Å². The van der Waals surface area contributed by atoms with E-state index < -0.39 is 0 Å².